The van der Waals surface area contributed by atoms with Gasteiger partial charge in [-0.1, -0.05) is 0 Å². The predicted molar refractivity (Wildman–Crippen MR) is 64.6 cm³/mol. The summed E-state index contributed by atoms with van der Waals surface area (Å²) in [6, 6.07) is 0. The van der Waals surface area contributed by atoms with Crippen LogP contribution in [-0.2, 0) is 25.0 Å². The molecule has 0 atom stereocenters. The van der Waals surface area contributed by atoms with E-state index in [2.05, 4.69) is 0 Å². The molecule has 0 unspecified atom stereocenters. The van der Waals surface area contributed by atoms with Crippen molar-refractivity contribution < 1.29 is 27.6 Å². The molecule has 0 fully saturated rings. The van der Waals surface area contributed by atoms with Crippen molar-refractivity contribution in [1.29, 1.82) is 0 Å². The lowest BCUT2D eigenvalue weighted by molar-refractivity contribution is 0.0996. The number of furan rings is 1. The molecule has 1 heterocycles. The summed E-state index contributed by atoms with van der Waals surface area (Å²) in [4.78, 5) is 12.2. The molecule has 0 aliphatic carbocycles. The minimum Gasteiger partial charge on any atom is -0.471 e. The molecular formula is C11H17O6P. The van der Waals surface area contributed by atoms with Crippen LogP contribution in [-0.4, -0.2) is 25.8 Å². The Kier molecular flexibility index (Phi) is 5.75. The van der Waals surface area contributed by atoms with Crippen LogP contribution >= 0.6 is 7.60 Å². The third-order valence-electron chi connectivity index (χ3n) is 2.12. The van der Waals surface area contributed by atoms with Gasteiger partial charge >= 0.3 is 7.60 Å². The van der Waals surface area contributed by atoms with Crippen molar-refractivity contribution in [3.05, 3.63) is 23.7 Å². The molecule has 1 rings (SSSR count). The minimum absolute atomic E-state index is 0.125. The summed E-state index contributed by atoms with van der Waals surface area (Å²) in [5.41, 5.74) is -0.0174. The van der Waals surface area contributed by atoms with Gasteiger partial charge in [0.15, 0.2) is 0 Å². The normalized spacial score (nSPS) is 11.7. The molecule has 1 aromatic rings. The number of methoxy groups -OCH3 is 1. The zero-order chi connectivity index (χ0) is 13.6. The standard InChI is InChI=1S/C11H17O6P/c1-4-16-18(13,17-5-2)11(12)10-8-15-7-9(10)6-14-3/h7-8H,4-6H2,1-3H3. The first-order chi connectivity index (χ1) is 8.59. The van der Waals surface area contributed by atoms with Crippen molar-refractivity contribution in [2.24, 2.45) is 0 Å². The maximum Gasteiger partial charge on any atom is 0.401 e. The molecule has 0 bridgehead atoms. The second-order valence-corrected chi connectivity index (χ2v) is 5.30. The van der Waals surface area contributed by atoms with E-state index in [1.54, 1.807) is 13.8 Å². The Morgan fingerprint density at radius 1 is 1.28 bits per heavy atom. The Balaban J connectivity index is 3.02. The molecule has 7 heteroatoms. The first kappa shape index (κ1) is 15.1. The van der Waals surface area contributed by atoms with Crippen LogP contribution in [0.25, 0.3) is 0 Å². The molecule has 1 aromatic heterocycles. The fourth-order valence-electron chi connectivity index (χ4n) is 1.42. The topological polar surface area (TPSA) is 75.0 Å². The van der Waals surface area contributed by atoms with Crippen LogP contribution in [0.5, 0.6) is 0 Å². The summed E-state index contributed by atoms with van der Waals surface area (Å²) in [5.74, 6) is 0. The van der Waals surface area contributed by atoms with E-state index >= 15 is 0 Å². The van der Waals surface area contributed by atoms with Gasteiger partial charge in [0.25, 0.3) is 5.52 Å². The van der Waals surface area contributed by atoms with Crippen molar-refractivity contribution in [3.8, 4) is 0 Å². The quantitative estimate of drug-likeness (QED) is 0.679. The van der Waals surface area contributed by atoms with Gasteiger partial charge in [-0.15, -0.1) is 0 Å². The molecule has 0 aromatic carbocycles. The third-order valence-corrected chi connectivity index (χ3v) is 4.05. The third kappa shape index (κ3) is 3.29. The maximum atomic E-state index is 12.3. The van der Waals surface area contributed by atoms with Crippen molar-refractivity contribution in [2.45, 2.75) is 20.5 Å². The molecule has 0 N–H and O–H groups in total. The molecule has 0 saturated heterocycles. The fraction of sp³-hybridized carbons (Fsp3) is 0.545. The average Bonchev–Trinajstić information content (AvgIpc) is 2.77. The van der Waals surface area contributed by atoms with Crippen molar-refractivity contribution >= 4 is 13.1 Å². The first-order valence-electron chi connectivity index (χ1n) is 5.57. The lowest BCUT2D eigenvalue weighted by Crippen LogP contribution is -2.09. The Hall–Kier alpha value is -0.940. The Bertz CT molecular complexity index is 428. The second kappa shape index (κ2) is 6.85. The van der Waals surface area contributed by atoms with E-state index in [0.717, 1.165) is 0 Å². The predicted octanol–water partition coefficient (Wildman–Crippen LogP) is 2.83. The summed E-state index contributed by atoms with van der Waals surface area (Å²) in [7, 11) is -2.31. The number of rotatable bonds is 8. The van der Waals surface area contributed by atoms with E-state index in [1.165, 1.54) is 19.6 Å². The van der Waals surface area contributed by atoms with Crippen molar-refractivity contribution in [3.63, 3.8) is 0 Å². The van der Waals surface area contributed by atoms with Gasteiger partial charge in [-0.2, -0.15) is 0 Å². The van der Waals surface area contributed by atoms with E-state index in [0.29, 0.717) is 5.56 Å². The van der Waals surface area contributed by atoms with E-state index in [-0.39, 0.29) is 25.4 Å². The van der Waals surface area contributed by atoms with Crippen LogP contribution < -0.4 is 0 Å². The van der Waals surface area contributed by atoms with Gasteiger partial charge in [-0.25, -0.2) is 0 Å². The van der Waals surface area contributed by atoms with Crippen LogP contribution in [0.3, 0.4) is 0 Å². The molecule has 0 saturated carbocycles. The fourth-order valence-corrected chi connectivity index (χ4v) is 2.90. The number of carbonyl (C=O) groups excluding carboxylic acids is 1. The number of ether oxygens (including phenoxy) is 1. The van der Waals surface area contributed by atoms with E-state index in [1.807, 2.05) is 0 Å². The van der Waals surface area contributed by atoms with Gasteiger partial charge < -0.3 is 18.2 Å². The summed E-state index contributed by atoms with van der Waals surface area (Å²) >= 11 is 0. The highest BCUT2D eigenvalue weighted by molar-refractivity contribution is 7.72. The first-order valence-corrected chi connectivity index (χ1v) is 7.11. The number of hydrogen-bond donors (Lipinski definition) is 0. The van der Waals surface area contributed by atoms with Gasteiger partial charge in [0, 0.05) is 12.7 Å². The zero-order valence-corrected chi connectivity index (χ0v) is 11.6. The molecule has 0 aliphatic heterocycles. The van der Waals surface area contributed by atoms with Crippen LogP contribution in [0.15, 0.2) is 16.9 Å². The Morgan fingerprint density at radius 3 is 2.39 bits per heavy atom. The average molecular weight is 276 g/mol. The molecule has 0 aliphatic rings. The summed E-state index contributed by atoms with van der Waals surface area (Å²) < 4.78 is 32.1. The summed E-state index contributed by atoms with van der Waals surface area (Å²) in [5, 5.41) is 0. The number of hydrogen-bond acceptors (Lipinski definition) is 6. The number of carbonyl (C=O) groups is 1. The van der Waals surface area contributed by atoms with E-state index < -0.39 is 13.1 Å². The largest absolute Gasteiger partial charge is 0.471 e. The van der Waals surface area contributed by atoms with Crippen molar-refractivity contribution in [1.82, 2.24) is 0 Å². The zero-order valence-electron chi connectivity index (χ0n) is 10.7. The Labute approximate surface area is 106 Å². The maximum absolute atomic E-state index is 12.3. The van der Waals surface area contributed by atoms with Crippen LogP contribution in [0, 0.1) is 0 Å². The highest BCUT2D eigenvalue weighted by atomic mass is 31.2. The van der Waals surface area contributed by atoms with Gasteiger partial charge in [0.2, 0.25) is 0 Å². The van der Waals surface area contributed by atoms with Crippen molar-refractivity contribution in [2.75, 3.05) is 20.3 Å². The second-order valence-electron chi connectivity index (χ2n) is 3.38. The molecule has 6 nitrogen and oxygen atoms in total. The SMILES string of the molecule is CCOP(=O)(OCC)C(=O)c1cocc1COC. The van der Waals surface area contributed by atoms with Crippen LogP contribution in [0.1, 0.15) is 29.8 Å². The van der Waals surface area contributed by atoms with E-state index in [9.17, 15) is 9.36 Å². The van der Waals surface area contributed by atoms with Gasteiger partial charge in [0.1, 0.15) is 6.26 Å². The smallest absolute Gasteiger partial charge is 0.401 e. The Morgan fingerprint density at radius 2 is 1.89 bits per heavy atom. The molecule has 102 valence electrons. The van der Waals surface area contributed by atoms with Crippen LogP contribution in [0.4, 0.5) is 0 Å². The lowest BCUT2D eigenvalue weighted by Gasteiger charge is -2.15. The molecular weight excluding hydrogens is 259 g/mol. The lowest BCUT2D eigenvalue weighted by atomic mass is 10.2. The van der Waals surface area contributed by atoms with Gasteiger partial charge in [-0.05, 0) is 13.8 Å². The highest BCUT2D eigenvalue weighted by Gasteiger charge is 2.37. The van der Waals surface area contributed by atoms with Crippen LogP contribution in [0.2, 0.25) is 0 Å². The summed E-state index contributed by atoms with van der Waals surface area (Å²) in [6.45, 7) is 3.73. The monoisotopic (exact) mass is 276 g/mol. The molecule has 0 spiro atoms. The summed E-state index contributed by atoms with van der Waals surface area (Å²) in [6.07, 6.45) is 2.60. The van der Waals surface area contributed by atoms with Gasteiger partial charge in [-0.3, -0.25) is 9.36 Å². The minimum atomic E-state index is -3.80. The molecule has 0 radical (unpaired) electrons. The van der Waals surface area contributed by atoms with E-state index in [4.69, 9.17) is 18.2 Å². The molecule has 18 heavy (non-hydrogen) atoms. The molecule has 0 amide bonds. The highest BCUT2D eigenvalue weighted by Crippen LogP contribution is 2.51. The van der Waals surface area contributed by atoms with Gasteiger partial charge in [0.05, 0.1) is 31.6 Å².